The number of aromatic amines is 1. The Morgan fingerprint density at radius 3 is 3.00 bits per heavy atom. The highest BCUT2D eigenvalue weighted by Gasteiger charge is 2.21. The second kappa shape index (κ2) is 7.01. The molecule has 0 saturated heterocycles. The van der Waals surface area contributed by atoms with Gasteiger partial charge in [-0.3, -0.25) is 20.2 Å². The highest BCUT2D eigenvalue weighted by atomic mass is 35.5. The highest BCUT2D eigenvalue weighted by Crippen LogP contribution is 2.33. The van der Waals surface area contributed by atoms with E-state index in [4.69, 9.17) is 16.3 Å². The smallest absolute Gasteiger partial charge is 0.249 e. The molecule has 2 N–H and O–H groups in total. The number of H-pyrrole nitrogens is 1. The molecule has 1 aromatic carbocycles. The summed E-state index contributed by atoms with van der Waals surface area (Å²) in [4.78, 5) is 22.6. The maximum Gasteiger partial charge on any atom is 0.249 e. The minimum absolute atomic E-state index is 0.164. The zero-order chi connectivity index (χ0) is 17.9. The lowest BCUT2D eigenvalue weighted by Crippen LogP contribution is -2.38. The van der Waals surface area contributed by atoms with E-state index in [1.807, 2.05) is 23.1 Å². The fraction of sp³-hybridized carbons (Fsp3) is 0.176. The van der Waals surface area contributed by atoms with Gasteiger partial charge in [0.1, 0.15) is 12.4 Å². The second-order valence-electron chi connectivity index (χ2n) is 5.67. The SMILES string of the molecule is O=C(CN1CCOc2cc(Cl)ccc21)Nc1n[nH]c(-c2ccncc2)n1. The molecule has 1 amide bonds. The number of pyridine rings is 1. The van der Waals surface area contributed by atoms with Crippen LogP contribution >= 0.6 is 11.6 Å². The van der Waals surface area contributed by atoms with Gasteiger partial charge in [-0.15, -0.1) is 5.10 Å². The molecule has 0 radical (unpaired) electrons. The summed E-state index contributed by atoms with van der Waals surface area (Å²) in [5, 5.41) is 10.1. The predicted molar refractivity (Wildman–Crippen MR) is 97.4 cm³/mol. The van der Waals surface area contributed by atoms with Gasteiger partial charge in [-0.25, -0.2) is 0 Å². The van der Waals surface area contributed by atoms with Crippen molar-refractivity contribution in [2.24, 2.45) is 0 Å². The van der Waals surface area contributed by atoms with Gasteiger partial charge >= 0.3 is 0 Å². The number of carbonyl (C=O) groups is 1. The third kappa shape index (κ3) is 3.45. The predicted octanol–water partition coefficient (Wildman–Crippen LogP) is 2.36. The number of hydrogen-bond acceptors (Lipinski definition) is 6. The summed E-state index contributed by atoms with van der Waals surface area (Å²) < 4.78 is 5.59. The van der Waals surface area contributed by atoms with E-state index in [1.54, 1.807) is 24.5 Å². The number of benzene rings is 1. The van der Waals surface area contributed by atoms with Crippen LogP contribution in [0, 0.1) is 0 Å². The molecular formula is C17H15ClN6O2. The number of nitrogens with one attached hydrogen (secondary N) is 2. The maximum absolute atomic E-state index is 12.4. The molecule has 1 aliphatic heterocycles. The van der Waals surface area contributed by atoms with E-state index in [1.165, 1.54) is 0 Å². The number of hydrogen-bond donors (Lipinski definition) is 2. The molecule has 4 rings (SSSR count). The molecule has 0 atom stereocenters. The van der Waals surface area contributed by atoms with Crippen molar-refractivity contribution >= 4 is 29.1 Å². The van der Waals surface area contributed by atoms with E-state index < -0.39 is 0 Å². The normalized spacial score (nSPS) is 13.0. The van der Waals surface area contributed by atoms with E-state index in [0.29, 0.717) is 29.7 Å². The average Bonchev–Trinajstić information content (AvgIpc) is 3.11. The molecule has 3 aromatic rings. The molecule has 0 saturated carbocycles. The molecule has 0 fully saturated rings. The first-order valence-corrected chi connectivity index (χ1v) is 8.37. The van der Waals surface area contributed by atoms with Gasteiger partial charge in [-0.2, -0.15) is 4.98 Å². The number of halogens is 1. The second-order valence-corrected chi connectivity index (χ2v) is 6.11. The molecule has 8 nitrogen and oxygen atoms in total. The van der Waals surface area contributed by atoms with E-state index in [-0.39, 0.29) is 18.4 Å². The van der Waals surface area contributed by atoms with Crippen molar-refractivity contribution in [1.29, 1.82) is 0 Å². The minimum atomic E-state index is -0.215. The number of fused-ring (bicyclic) bond motifs is 1. The maximum atomic E-state index is 12.4. The van der Waals surface area contributed by atoms with Crippen LogP contribution in [0.3, 0.4) is 0 Å². The van der Waals surface area contributed by atoms with Crippen molar-refractivity contribution in [3.8, 4) is 17.1 Å². The van der Waals surface area contributed by atoms with Crippen LogP contribution in [0.1, 0.15) is 0 Å². The molecule has 132 valence electrons. The minimum Gasteiger partial charge on any atom is -0.490 e. The number of nitrogens with zero attached hydrogens (tertiary/aromatic N) is 4. The molecule has 0 spiro atoms. The summed E-state index contributed by atoms with van der Waals surface area (Å²) in [5.41, 5.74) is 1.68. The third-order valence-corrected chi connectivity index (χ3v) is 4.14. The lowest BCUT2D eigenvalue weighted by Gasteiger charge is -2.30. The Kier molecular flexibility index (Phi) is 4.40. The zero-order valence-corrected chi connectivity index (χ0v) is 14.4. The summed E-state index contributed by atoms with van der Waals surface area (Å²) in [6.45, 7) is 1.27. The summed E-state index contributed by atoms with van der Waals surface area (Å²) in [6.07, 6.45) is 3.33. The Balaban J connectivity index is 1.43. The number of rotatable bonds is 4. The van der Waals surface area contributed by atoms with Crippen LogP contribution in [0.25, 0.3) is 11.4 Å². The van der Waals surface area contributed by atoms with Crippen LogP contribution in [0.4, 0.5) is 11.6 Å². The van der Waals surface area contributed by atoms with Crippen LogP contribution < -0.4 is 15.0 Å². The number of aromatic nitrogens is 4. The molecule has 0 aliphatic carbocycles. The largest absolute Gasteiger partial charge is 0.490 e. The van der Waals surface area contributed by atoms with Gasteiger partial charge in [-0.05, 0) is 24.3 Å². The third-order valence-electron chi connectivity index (χ3n) is 3.91. The Hall–Kier alpha value is -3.13. The van der Waals surface area contributed by atoms with Crippen molar-refractivity contribution in [1.82, 2.24) is 20.2 Å². The van der Waals surface area contributed by atoms with E-state index in [9.17, 15) is 4.79 Å². The Labute approximate surface area is 154 Å². The Bertz CT molecular complexity index is 930. The van der Waals surface area contributed by atoms with Crippen LogP contribution in [-0.4, -0.2) is 45.8 Å². The van der Waals surface area contributed by atoms with Gasteiger partial charge in [-0.1, -0.05) is 11.6 Å². The van der Waals surface area contributed by atoms with E-state index >= 15 is 0 Å². The zero-order valence-electron chi connectivity index (χ0n) is 13.6. The molecule has 26 heavy (non-hydrogen) atoms. The van der Waals surface area contributed by atoms with Gasteiger partial charge in [0.2, 0.25) is 11.9 Å². The molecule has 9 heteroatoms. The van der Waals surface area contributed by atoms with Gasteiger partial charge in [0, 0.05) is 29.0 Å². The van der Waals surface area contributed by atoms with Crippen molar-refractivity contribution in [2.75, 3.05) is 29.9 Å². The summed E-state index contributed by atoms with van der Waals surface area (Å²) in [7, 11) is 0. The van der Waals surface area contributed by atoms with Crippen LogP contribution in [0.5, 0.6) is 5.75 Å². The quantitative estimate of drug-likeness (QED) is 0.732. The summed E-state index contributed by atoms with van der Waals surface area (Å²) >= 11 is 5.99. The van der Waals surface area contributed by atoms with Gasteiger partial charge < -0.3 is 9.64 Å². The van der Waals surface area contributed by atoms with Crippen molar-refractivity contribution in [3.63, 3.8) is 0 Å². The van der Waals surface area contributed by atoms with Crippen LogP contribution in [0.2, 0.25) is 5.02 Å². The molecule has 2 aromatic heterocycles. The molecule has 3 heterocycles. The molecule has 0 bridgehead atoms. The van der Waals surface area contributed by atoms with Gasteiger partial charge in [0.15, 0.2) is 5.82 Å². The number of carbonyl (C=O) groups excluding carboxylic acids is 1. The van der Waals surface area contributed by atoms with E-state index in [0.717, 1.165) is 11.3 Å². The molecular weight excluding hydrogens is 356 g/mol. The lowest BCUT2D eigenvalue weighted by molar-refractivity contribution is -0.115. The Morgan fingerprint density at radius 1 is 1.31 bits per heavy atom. The highest BCUT2D eigenvalue weighted by molar-refractivity contribution is 6.30. The first-order valence-electron chi connectivity index (χ1n) is 7.99. The Morgan fingerprint density at radius 2 is 2.15 bits per heavy atom. The van der Waals surface area contributed by atoms with Crippen LogP contribution in [-0.2, 0) is 4.79 Å². The molecule has 0 unspecified atom stereocenters. The fourth-order valence-corrected chi connectivity index (χ4v) is 2.87. The topological polar surface area (TPSA) is 96.0 Å². The van der Waals surface area contributed by atoms with Crippen molar-refractivity contribution < 1.29 is 9.53 Å². The fourth-order valence-electron chi connectivity index (χ4n) is 2.71. The number of ether oxygens (including phenoxy) is 1. The number of anilines is 2. The number of amides is 1. The molecule has 1 aliphatic rings. The van der Waals surface area contributed by atoms with Gasteiger partial charge in [0.05, 0.1) is 18.8 Å². The first-order chi connectivity index (χ1) is 12.7. The van der Waals surface area contributed by atoms with E-state index in [2.05, 4.69) is 25.5 Å². The monoisotopic (exact) mass is 370 g/mol. The van der Waals surface area contributed by atoms with Gasteiger partial charge in [0.25, 0.3) is 0 Å². The first kappa shape index (κ1) is 16.3. The van der Waals surface area contributed by atoms with Crippen LogP contribution in [0.15, 0.2) is 42.7 Å². The van der Waals surface area contributed by atoms with Crippen molar-refractivity contribution in [2.45, 2.75) is 0 Å². The van der Waals surface area contributed by atoms with Crippen molar-refractivity contribution in [3.05, 3.63) is 47.7 Å². The summed E-state index contributed by atoms with van der Waals surface area (Å²) in [5.74, 6) is 1.25. The average molecular weight is 371 g/mol. The lowest BCUT2D eigenvalue weighted by atomic mass is 10.2. The summed E-state index contributed by atoms with van der Waals surface area (Å²) in [6, 6.07) is 8.98. The standard InChI is InChI=1S/C17H15ClN6O2/c18-12-1-2-13-14(9-12)26-8-7-24(13)10-15(25)20-17-21-16(22-23-17)11-3-5-19-6-4-11/h1-6,9H,7-8,10H2,(H2,20,21,22,23,25).